The van der Waals surface area contributed by atoms with Gasteiger partial charge in [0.25, 0.3) is 0 Å². The van der Waals surface area contributed by atoms with E-state index in [9.17, 15) is 18.0 Å². The molecule has 1 aromatic rings. The fourth-order valence-corrected chi connectivity index (χ4v) is 2.21. The van der Waals surface area contributed by atoms with E-state index in [1.807, 2.05) is 0 Å². The Morgan fingerprint density at radius 3 is 2.90 bits per heavy atom. The number of nitrogens with zero attached hydrogens (tertiary/aromatic N) is 2. The molecule has 0 saturated carbocycles. The van der Waals surface area contributed by atoms with Crippen molar-refractivity contribution in [2.24, 2.45) is 0 Å². The topological polar surface area (TPSA) is 56.2 Å². The maximum absolute atomic E-state index is 12.5. The zero-order chi connectivity index (χ0) is 15.5. The summed E-state index contributed by atoms with van der Waals surface area (Å²) in [5.74, 6) is -0.152. The minimum atomic E-state index is -4.43. The second-order valence-electron chi connectivity index (χ2n) is 5.04. The van der Waals surface area contributed by atoms with Crippen molar-refractivity contribution in [3.63, 3.8) is 0 Å². The Bertz CT molecular complexity index is 493. The van der Waals surface area contributed by atoms with Crippen LogP contribution in [-0.4, -0.2) is 34.9 Å². The average molecular weight is 305 g/mol. The van der Waals surface area contributed by atoms with Gasteiger partial charge < -0.3 is 10.1 Å². The summed E-state index contributed by atoms with van der Waals surface area (Å²) in [5, 5.41) is 6.25. The Morgan fingerprint density at radius 1 is 1.57 bits per heavy atom. The third kappa shape index (κ3) is 4.20. The molecule has 0 aliphatic carbocycles. The van der Waals surface area contributed by atoms with Gasteiger partial charge in [0.05, 0.1) is 0 Å². The third-order valence-corrected chi connectivity index (χ3v) is 3.34. The quantitative estimate of drug-likeness (QED) is 0.845. The Kier molecular flexibility index (Phi) is 4.87. The van der Waals surface area contributed by atoms with E-state index >= 15 is 0 Å². The van der Waals surface area contributed by atoms with Gasteiger partial charge in [0, 0.05) is 25.4 Å². The lowest BCUT2D eigenvalue weighted by molar-refractivity contribution is -0.141. The number of hydrogen-bond donors (Lipinski definition) is 1. The lowest BCUT2D eigenvalue weighted by Gasteiger charge is -2.10. The molecular weight excluding hydrogens is 287 g/mol. The van der Waals surface area contributed by atoms with Crippen LogP contribution in [0.2, 0.25) is 0 Å². The molecule has 0 bridgehead atoms. The van der Waals surface area contributed by atoms with Crippen molar-refractivity contribution in [1.29, 1.82) is 0 Å². The van der Waals surface area contributed by atoms with E-state index in [0.717, 1.165) is 18.9 Å². The zero-order valence-corrected chi connectivity index (χ0v) is 11.7. The summed E-state index contributed by atoms with van der Waals surface area (Å²) < 4.78 is 44.0. The van der Waals surface area contributed by atoms with Crippen LogP contribution in [0.15, 0.2) is 6.07 Å². The summed E-state index contributed by atoms with van der Waals surface area (Å²) in [6.07, 6.45) is -2.69. The minimum absolute atomic E-state index is 0.152. The summed E-state index contributed by atoms with van der Waals surface area (Å²) in [7, 11) is 0. The number of alkyl halides is 3. The highest BCUT2D eigenvalue weighted by atomic mass is 19.4. The molecule has 0 spiro atoms. The highest BCUT2D eigenvalue weighted by Crippen LogP contribution is 2.28. The Labute approximate surface area is 120 Å². The summed E-state index contributed by atoms with van der Waals surface area (Å²) in [5.41, 5.74) is -0.434. The second kappa shape index (κ2) is 6.46. The molecule has 0 unspecified atom stereocenters. The lowest BCUT2D eigenvalue weighted by Crippen LogP contribution is -2.35. The van der Waals surface area contributed by atoms with Crippen LogP contribution in [0.3, 0.4) is 0 Å². The molecule has 1 aliphatic rings. The van der Waals surface area contributed by atoms with Gasteiger partial charge in [0.2, 0.25) is 5.91 Å². The maximum Gasteiger partial charge on any atom is 0.435 e. The van der Waals surface area contributed by atoms with Gasteiger partial charge in [-0.15, -0.1) is 0 Å². The van der Waals surface area contributed by atoms with E-state index in [-0.39, 0.29) is 12.0 Å². The highest BCUT2D eigenvalue weighted by molar-refractivity contribution is 5.80. The van der Waals surface area contributed by atoms with E-state index in [1.54, 1.807) is 6.92 Å². The largest absolute Gasteiger partial charge is 0.435 e. The maximum atomic E-state index is 12.5. The van der Waals surface area contributed by atoms with Crippen molar-refractivity contribution in [1.82, 2.24) is 15.1 Å². The first-order valence-electron chi connectivity index (χ1n) is 6.89. The van der Waals surface area contributed by atoms with Crippen molar-refractivity contribution in [3.8, 4) is 0 Å². The van der Waals surface area contributed by atoms with Gasteiger partial charge in [-0.25, -0.2) is 0 Å². The van der Waals surface area contributed by atoms with Crippen LogP contribution >= 0.6 is 0 Å². The summed E-state index contributed by atoms with van der Waals surface area (Å²) in [6, 6.07) is 1.02. The van der Waals surface area contributed by atoms with Crippen molar-refractivity contribution in [3.05, 3.63) is 17.5 Å². The number of ether oxygens (including phenoxy) is 1. The number of carbonyl (C=O) groups is 1. The molecule has 0 radical (unpaired) electrons. The predicted octanol–water partition coefficient (Wildman–Crippen LogP) is 1.90. The summed E-state index contributed by atoms with van der Waals surface area (Å²) >= 11 is 0. The molecule has 1 atom stereocenters. The monoisotopic (exact) mass is 305 g/mol. The first-order valence-corrected chi connectivity index (χ1v) is 6.89. The van der Waals surface area contributed by atoms with Crippen LogP contribution in [0.25, 0.3) is 0 Å². The molecule has 5 nitrogen and oxygen atoms in total. The van der Waals surface area contributed by atoms with Crippen LogP contribution < -0.4 is 5.32 Å². The lowest BCUT2D eigenvalue weighted by atomic mass is 10.2. The molecule has 118 valence electrons. The molecular formula is C13H18F3N3O2. The van der Waals surface area contributed by atoms with Gasteiger partial charge in [-0.05, 0) is 32.3 Å². The molecule has 1 aromatic heterocycles. The normalized spacial score (nSPS) is 19.0. The predicted molar refractivity (Wildman–Crippen MR) is 68.6 cm³/mol. The summed E-state index contributed by atoms with van der Waals surface area (Å²) in [4.78, 5) is 11.7. The molecule has 21 heavy (non-hydrogen) atoms. The molecule has 8 heteroatoms. The highest BCUT2D eigenvalue weighted by Gasteiger charge is 2.34. The van der Waals surface area contributed by atoms with Gasteiger partial charge in [-0.1, -0.05) is 0 Å². The van der Waals surface area contributed by atoms with Crippen molar-refractivity contribution >= 4 is 5.91 Å². The smallest absolute Gasteiger partial charge is 0.368 e. The fourth-order valence-electron chi connectivity index (χ4n) is 2.21. The average Bonchev–Trinajstić information content (AvgIpc) is 3.03. The Morgan fingerprint density at radius 2 is 2.33 bits per heavy atom. The van der Waals surface area contributed by atoms with Crippen LogP contribution in [0.5, 0.6) is 0 Å². The van der Waals surface area contributed by atoms with Crippen molar-refractivity contribution < 1.29 is 22.7 Å². The number of aromatic nitrogens is 2. The fraction of sp³-hybridized carbons (Fsp3) is 0.692. The van der Waals surface area contributed by atoms with E-state index in [2.05, 4.69) is 10.4 Å². The molecule has 1 N–H and O–H groups in total. The van der Waals surface area contributed by atoms with E-state index in [0.29, 0.717) is 31.8 Å². The summed E-state index contributed by atoms with van der Waals surface area (Å²) in [6.45, 7) is 2.89. The van der Waals surface area contributed by atoms with Gasteiger partial charge in [0.15, 0.2) is 5.69 Å². The molecule has 0 aromatic carbocycles. The second-order valence-corrected chi connectivity index (χ2v) is 5.04. The van der Waals surface area contributed by atoms with Crippen molar-refractivity contribution in [2.75, 3.05) is 13.2 Å². The number of amides is 1. The van der Waals surface area contributed by atoms with Crippen LogP contribution in [0.4, 0.5) is 13.2 Å². The van der Waals surface area contributed by atoms with Crippen LogP contribution in [0.1, 0.15) is 30.7 Å². The zero-order valence-electron chi connectivity index (χ0n) is 11.7. The molecule has 1 fully saturated rings. The number of hydrogen-bond acceptors (Lipinski definition) is 3. The first-order chi connectivity index (χ1) is 9.88. The molecule has 2 rings (SSSR count). The van der Waals surface area contributed by atoms with E-state index < -0.39 is 11.9 Å². The Balaban J connectivity index is 1.76. The van der Waals surface area contributed by atoms with Crippen molar-refractivity contribution in [2.45, 2.75) is 45.0 Å². The molecule has 1 aliphatic heterocycles. The first kappa shape index (κ1) is 15.8. The van der Waals surface area contributed by atoms with Gasteiger partial charge >= 0.3 is 6.18 Å². The van der Waals surface area contributed by atoms with E-state index in [4.69, 9.17) is 4.74 Å². The standard InChI is InChI=1S/C13H18F3N3O2/c1-9-8-11(13(14,15)16)18-19(9)6-3-5-17-12(20)10-4-2-7-21-10/h8,10H,2-7H2,1H3,(H,17,20)/t10-/m0/s1. The number of nitrogens with one attached hydrogen (secondary N) is 1. The van der Waals surface area contributed by atoms with E-state index in [1.165, 1.54) is 4.68 Å². The minimum Gasteiger partial charge on any atom is -0.368 e. The number of rotatable bonds is 5. The van der Waals surface area contributed by atoms with Gasteiger partial charge in [-0.2, -0.15) is 18.3 Å². The molecule has 1 saturated heterocycles. The van der Waals surface area contributed by atoms with Crippen LogP contribution in [0, 0.1) is 6.92 Å². The molecule has 2 heterocycles. The third-order valence-electron chi connectivity index (χ3n) is 3.34. The Hall–Kier alpha value is -1.57. The number of aryl methyl sites for hydroxylation is 2. The molecule has 1 amide bonds. The number of carbonyl (C=O) groups excluding carboxylic acids is 1. The van der Waals surface area contributed by atoms with Gasteiger partial charge in [0.1, 0.15) is 6.10 Å². The SMILES string of the molecule is Cc1cc(C(F)(F)F)nn1CCCNC(=O)[C@@H]1CCCO1. The van der Waals surface area contributed by atoms with Gasteiger partial charge in [-0.3, -0.25) is 9.48 Å². The number of halogens is 3. The van der Waals surface area contributed by atoms with Crippen LogP contribution in [-0.2, 0) is 22.3 Å².